The van der Waals surface area contributed by atoms with Gasteiger partial charge in [-0.25, -0.2) is 4.79 Å². The second-order valence-electron chi connectivity index (χ2n) is 5.04. The SMILES string of the molecule is O=C(O)c1ccc2[nH]c(=O)c(=O)n(C3CCCSC3)c2c1. The fraction of sp³-hybridized carbons (Fsp3) is 0.357. The van der Waals surface area contributed by atoms with E-state index in [4.69, 9.17) is 5.11 Å². The Kier molecular flexibility index (Phi) is 3.59. The van der Waals surface area contributed by atoms with Gasteiger partial charge in [0.05, 0.1) is 16.6 Å². The number of hydrogen-bond acceptors (Lipinski definition) is 4. The summed E-state index contributed by atoms with van der Waals surface area (Å²) in [6.07, 6.45) is 1.80. The Morgan fingerprint density at radius 3 is 2.86 bits per heavy atom. The summed E-state index contributed by atoms with van der Waals surface area (Å²) >= 11 is 1.74. The molecule has 6 nitrogen and oxygen atoms in total. The van der Waals surface area contributed by atoms with Gasteiger partial charge in [-0.05, 0) is 36.8 Å². The van der Waals surface area contributed by atoms with Crippen molar-refractivity contribution in [2.45, 2.75) is 18.9 Å². The molecule has 1 unspecified atom stereocenters. The van der Waals surface area contributed by atoms with Crippen molar-refractivity contribution in [1.82, 2.24) is 9.55 Å². The third kappa shape index (κ3) is 2.49. The third-order valence-corrected chi connectivity index (χ3v) is 4.86. The molecule has 2 aromatic rings. The number of carboxylic acids is 1. The van der Waals surface area contributed by atoms with E-state index in [0.717, 1.165) is 24.3 Å². The zero-order valence-electron chi connectivity index (χ0n) is 11.2. The lowest BCUT2D eigenvalue weighted by Crippen LogP contribution is -2.39. The van der Waals surface area contributed by atoms with E-state index in [-0.39, 0.29) is 11.6 Å². The van der Waals surface area contributed by atoms with E-state index in [1.54, 1.807) is 11.8 Å². The average Bonchev–Trinajstić information content (AvgIpc) is 2.49. The van der Waals surface area contributed by atoms with E-state index >= 15 is 0 Å². The molecule has 1 saturated heterocycles. The Morgan fingerprint density at radius 2 is 2.19 bits per heavy atom. The molecule has 0 bridgehead atoms. The number of rotatable bonds is 2. The van der Waals surface area contributed by atoms with Crippen LogP contribution in [0.3, 0.4) is 0 Å². The maximum Gasteiger partial charge on any atom is 0.335 e. The second kappa shape index (κ2) is 5.40. The largest absolute Gasteiger partial charge is 0.478 e. The highest BCUT2D eigenvalue weighted by Gasteiger charge is 2.21. The summed E-state index contributed by atoms with van der Waals surface area (Å²) < 4.78 is 1.47. The smallest absolute Gasteiger partial charge is 0.335 e. The maximum absolute atomic E-state index is 12.2. The standard InChI is InChI=1S/C14H14N2O4S/c17-12-13(18)16(9-2-1-5-21-7-9)11-6-8(14(19)20)3-4-10(11)15-12/h3-4,6,9H,1-2,5,7H2,(H,15,17)(H,19,20). The van der Waals surface area contributed by atoms with Crippen molar-refractivity contribution in [1.29, 1.82) is 0 Å². The monoisotopic (exact) mass is 306 g/mol. The molecule has 3 rings (SSSR count). The van der Waals surface area contributed by atoms with Crippen molar-refractivity contribution in [2.24, 2.45) is 0 Å². The van der Waals surface area contributed by atoms with Gasteiger partial charge in [0.25, 0.3) is 0 Å². The summed E-state index contributed by atoms with van der Waals surface area (Å²) in [5.74, 6) is 0.753. The fourth-order valence-corrected chi connectivity index (χ4v) is 3.78. The first-order valence-electron chi connectivity index (χ1n) is 6.67. The summed E-state index contributed by atoms with van der Waals surface area (Å²) in [4.78, 5) is 37.7. The van der Waals surface area contributed by atoms with Crippen LogP contribution in [0.1, 0.15) is 29.2 Å². The zero-order valence-corrected chi connectivity index (χ0v) is 12.0. The van der Waals surface area contributed by atoms with E-state index in [2.05, 4.69) is 4.98 Å². The molecule has 1 atom stereocenters. The van der Waals surface area contributed by atoms with Gasteiger partial charge >= 0.3 is 17.1 Å². The first-order valence-corrected chi connectivity index (χ1v) is 7.83. The van der Waals surface area contributed by atoms with Crippen molar-refractivity contribution in [3.05, 3.63) is 44.5 Å². The number of H-pyrrole nitrogens is 1. The van der Waals surface area contributed by atoms with Gasteiger partial charge in [0, 0.05) is 11.8 Å². The number of fused-ring (bicyclic) bond motifs is 1. The van der Waals surface area contributed by atoms with Crippen LogP contribution in [0.2, 0.25) is 0 Å². The summed E-state index contributed by atoms with van der Waals surface area (Å²) in [5, 5.41) is 9.11. The minimum absolute atomic E-state index is 0.0647. The minimum atomic E-state index is -1.06. The Hall–Kier alpha value is -2.02. The molecule has 0 amide bonds. The molecule has 110 valence electrons. The summed E-state index contributed by atoms with van der Waals surface area (Å²) in [6, 6.07) is 4.34. The number of hydrogen-bond donors (Lipinski definition) is 2. The molecule has 1 fully saturated rings. The second-order valence-corrected chi connectivity index (χ2v) is 6.19. The van der Waals surface area contributed by atoms with Crippen LogP contribution in [-0.2, 0) is 0 Å². The number of carboxylic acid groups (broad SMARTS) is 1. The predicted octanol–water partition coefficient (Wildman–Crippen LogP) is 1.46. The Bertz CT molecular complexity index is 818. The van der Waals surface area contributed by atoms with Gasteiger partial charge in [0.15, 0.2) is 0 Å². The quantitative estimate of drug-likeness (QED) is 0.819. The van der Waals surface area contributed by atoms with Gasteiger partial charge in [0.2, 0.25) is 0 Å². The Morgan fingerprint density at radius 1 is 1.38 bits per heavy atom. The lowest BCUT2D eigenvalue weighted by atomic mass is 10.1. The predicted molar refractivity (Wildman–Crippen MR) is 81.4 cm³/mol. The number of nitrogens with one attached hydrogen (secondary N) is 1. The van der Waals surface area contributed by atoms with E-state index in [0.29, 0.717) is 11.0 Å². The molecule has 7 heteroatoms. The van der Waals surface area contributed by atoms with Gasteiger partial charge in [-0.1, -0.05) is 0 Å². The van der Waals surface area contributed by atoms with Crippen LogP contribution in [0.5, 0.6) is 0 Å². The first-order chi connectivity index (χ1) is 10.1. The molecule has 0 spiro atoms. The van der Waals surface area contributed by atoms with E-state index in [9.17, 15) is 14.4 Å². The number of nitrogens with zero attached hydrogens (tertiary/aromatic N) is 1. The normalized spacial score (nSPS) is 18.8. The van der Waals surface area contributed by atoms with E-state index in [1.807, 2.05) is 0 Å². The molecular formula is C14H14N2O4S. The number of aromatic nitrogens is 2. The number of aromatic carboxylic acids is 1. The van der Waals surface area contributed by atoms with E-state index in [1.165, 1.54) is 22.8 Å². The highest BCUT2D eigenvalue weighted by Crippen LogP contribution is 2.27. The van der Waals surface area contributed by atoms with Crippen molar-refractivity contribution < 1.29 is 9.90 Å². The lowest BCUT2D eigenvalue weighted by molar-refractivity contribution is 0.0697. The Balaban J connectivity index is 2.30. The molecule has 0 saturated carbocycles. The maximum atomic E-state index is 12.2. The third-order valence-electron chi connectivity index (χ3n) is 3.67. The van der Waals surface area contributed by atoms with Crippen LogP contribution in [-0.4, -0.2) is 32.1 Å². The van der Waals surface area contributed by atoms with Crippen molar-refractivity contribution >= 4 is 28.8 Å². The van der Waals surface area contributed by atoms with Crippen molar-refractivity contribution in [2.75, 3.05) is 11.5 Å². The molecule has 1 aliphatic heterocycles. The van der Waals surface area contributed by atoms with Crippen molar-refractivity contribution in [3.8, 4) is 0 Å². The molecule has 0 radical (unpaired) electrons. The van der Waals surface area contributed by atoms with E-state index < -0.39 is 17.1 Å². The Labute approximate surface area is 123 Å². The van der Waals surface area contributed by atoms with Crippen LogP contribution >= 0.6 is 11.8 Å². The molecule has 2 N–H and O–H groups in total. The summed E-state index contributed by atoms with van der Waals surface area (Å²) in [5.41, 5.74) is -0.211. The van der Waals surface area contributed by atoms with Gasteiger partial charge in [-0.15, -0.1) is 0 Å². The van der Waals surface area contributed by atoms with Gasteiger partial charge < -0.3 is 10.1 Å². The van der Waals surface area contributed by atoms with Crippen LogP contribution in [0, 0.1) is 0 Å². The van der Waals surface area contributed by atoms with Crippen molar-refractivity contribution in [3.63, 3.8) is 0 Å². The van der Waals surface area contributed by atoms with Gasteiger partial charge in [-0.2, -0.15) is 11.8 Å². The number of thioether (sulfide) groups is 1. The van der Waals surface area contributed by atoms with Gasteiger partial charge in [-0.3, -0.25) is 14.2 Å². The minimum Gasteiger partial charge on any atom is -0.478 e. The van der Waals surface area contributed by atoms with Gasteiger partial charge in [0.1, 0.15) is 0 Å². The number of carbonyl (C=O) groups is 1. The first kappa shape index (κ1) is 13.9. The highest BCUT2D eigenvalue weighted by molar-refractivity contribution is 7.99. The number of aromatic amines is 1. The molecule has 2 heterocycles. The molecular weight excluding hydrogens is 292 g/mol. The lowest BCUT2D eigenvalue weighted by Gasteiger charge is -2.24. The average molecular weight is 306 g/mol. The highest BCUT2D eigenvalue weighted by atomic mass is 32.2. The summed E-state index contributed by atoms with van der Waals surface area (Å²) in [6.45, 7) is 0. The van der Waals surface area contributed by atoms with Crippen LogP contribution in [0.4, 0.5) is 0 Å². The van der Waals surface area contributed by atoms with Crippen LogP contribution in [0.15, 0.2) is 27.8 Å². The van der Waals surface area contributed by atoms with Crippen LogP contribution < -0.4 is 11.1 Å². The molecule has 1 aliphatic rings. The summed E-state index contributed by atoms with van der Waals surface area (Å²) in [7, 11) is 0. The zero-order chi connectivity index (χ0) is 15.0. The van der Waals surface area contributed by atoms with Crippen LogP contribution in [0.25, 0.3) is 11.0 Å². The topological polar surface area (TPSA) is 92.2 Å². The molecule has 0 aliphatic carbocycles. The molecule has 1 aromatic carbocycles. The molecule has 21 heavy (non-hydrogen) atoms. The number of benzene rings is 1. The fourth-order valence-electron chi connectivity index (χ4n) is 2.65. The molecule has 1 aromatic heterocycles.